The van der Waals surface area contributed by atoms with Gasteiger partial charge >= 0.3 is 0 Å². The molecule has 2 N–H and O–H groups in total. The van der Waals surface area contributed by atoms with Crippen LogP contribution in [0.15, 0.2) is 24.3 Å². The number of rotatable bonds is 2. The van der Waals surface area contributed by atoms with Crippen LogP contribution in [0.25, 0.3) is 0 Å². The zero-order chi connectivity index (χ0) is 13.2. The third kappa shape index (κ3) is 3.18. The predicted octanol–water partition coefficient (Wildman–Crippen LogP) is 3.16. The van der Waals surface area contributed by atoms with Gasteiger partial charge in [0.15, 0.2) is 0 Å². The number of anilines is 1. The summed E-state index contributed by atoms with van der Waals surface area (Å²) in [6.45, 7) is 0. The van der Waals surface area contributed by atoms with Gasteiger partial charge in [0, 0.05) is 24.4 Å². The van der Waals surface area contributed by atoms with E-state index in [0.29, 0.717) is 18.5 Å². The summed E-state index contributed by atoms with van der Waals surface area (Å²) in [6, 6.07) is 5.94. The maximum absolute atomic E-state index is 13.2. The Morgan fingerprint density at radius 2 is 2.00 bits per heavy atom. The van der Waals surface area contributed by atoms with Crippen LogP contribution in [-0.2, 0) is 4.79 Å². The molecule has 2 rings (SSSR count). The number of aromatic hydroxyl groups is 1. The van der Waals surface area contributed by atoms with Gasteiger partial charge in [0.05, 0.1) is 0 Å². The van der Waals surface area contributed by atoms with Crippen LogP contribution in [0.5, 0.6) is 5.75 Å². The van der Waals surface area contributed by atoms with E-state index in [2.05, 4.69) is 5.32 Å². The Bertz CT molecular complexity index is 431. The van der Waals surface area contributed by atoms with E-state index in [0.717, 1.165) is 0 Å². The summed E-state index contributed by atoms with van der Waals surface area (Å²) >= 11 is 0. The van der Waals surface area contributed by atoms with Gasteiger partial charge in [0.2, 0.25) is 11.8 Å². The molecule has 0 aromatic heterocycles. The summed E-state index contributed by atoms with van der Waals surface area (Å²) < 4.78 is 26.4. The van der Waals surface area contributed by atoms with E-state index in [-0.39, 0.29) is 24.5 Å². The largest absolute Gasteiger partial charge is 0.508 e. The van der Waals surface area contributed by atoms with Gasteiger partial charge in [-0.2, -0.15) is 0 Å². The van der Waals surface area contributed by atoms with E-state index >= 15 is 0 Å². The van der Waals surface area contributed by atoms with Crippen molar-refractivity contribution in [3.8, 4) is 5.75 Å². The van der Waals surface area contributed by atoms with E-state index in [1.165, 1.54) is 24.3 Å². The van der Waals surface area contributed by atoms with Gasteiger partial charge in [-0.25, -0.2) is 8.78 Å². The molecule has 0 radical (unpaired) electrons. The molecule has 98 valence electrons. The van der Waals surface area contributed by atoms with E-state index in [1.54, 1.807) is 0 Å². The SMILES string of the molecule is O=C(Nc1ccc(O)cc1)C1CCCC(F)(F)C1. The molecule has 1 aromatic rings. The molecule has 1 atom stereocenters. The Morgan fingerprint density at radius 3 is 2.61 bits per heavy atom. The normalized spacial score (nSPS) is 22.4. The molecule has 1 aliphatic rings. The maximum atomic E-state index is 13.2. The highest BCUT2D eigenvalue weighted by atomic mass is 19.3. The fourth-order valence-corrected chi connectivity index (χ4v) is 2.18. The van der Waals surface area contributed by atoms with E-state index in [1.807, 2.05) is 0 Å². The number of halogens is 2. The second-order valence-corrected chi connectivity index (χ2v) is 4.69. The van der Waals surface area contributed by atoms with Gasteiger partial charge in [-0.05, 0) is 37.1 Å². The van der Waals surface area contributed by atoms with Gasteiger partial charge in [-0.15, -0.1) is 0 Å². The first-order valence-electron chi connectivity index (χ1n) is 5.94. The van der Waals surface area contributed by atoms with Gasteiger partial charge in [-0.3, -0.25) is 4.79 Å². The summed E-state index contributed by atoms with van der Waals surface area (Å²) in [5, 5.41) is 11.7. The van der Waals surface area contributed by atoms with Crippen molar-refractivity contribution in [1.82, 2.24) is 0 Å². The zero-order valence-corrected chi connectivity index (χ0v) is 9.83. The second-order valence-electron chi connectivity index (χ2n) is 4.69. The third-order valence-corrected chi connectivity index (χ3v) is 3.15. The number of hydrogen-bond acceptors (Lipinski definition) is 2. The van der Waals surface area contributed by atoms with Crippen molar-refractivity contribution in [2.45, 2.75) is 31.6 Å². The Labute approximate surface area is 104 Å². The number of carbonyl (C=O) groups excluding carboxylic acids is 1. The molecule has 0 saturated heterocycles. The Morgan fingerprint density at radius 1 is 1.33 bits per heavy atom. The van der Waals surface area contributed by atoms with Crippen LogP contribution >= 0.6 is 0 Å². The summed E-state index contributed by atoms with van der Waals surface area (Å²) in [7, 11) is 0. The standard InChI is InChI=1S/C13H15F2NO2/c14-13(15)7-1-2-9(8-13)12(18)16-10-3-5-11(17)6-4-10/h3-6,9,17H,1-2,7-8H2,(H,16,18). The highest BCUT2D eigenvalue weighted by Gasteiger charge is 2.39. The lowest BCUT2D eigenvalue weighted by molar-refractivity contribution is -0.127. The molecule has 1 fully saturated rings. The molecule has 0 bridgehead atoms. The van der Waals surface area contributed by atoms with Gasteiger partial charge < -0.3 is 10.4 Å². The summed E-state index contributed by atoms with van der Waals surface area (Å²) in [5.74, 6) is -3.64. The molecule has 1 aliphatic carbocycles. The number of nitrogens with one attached hydrogen (secondary N) is 1. The van der Waals surface area contributed by atoms with E-state index in [9.17, 15) is 13.6 Å². The number of carbonyl (C=O) groups is 1. The smallest absolute Gasteiger partial charge is 0.248 e. The lowest BCUT2D eigenvalue weighted by Gasteiger charge is -2.27. The average Bonchev–Trinajstić information content (AvgIpc) is 2.31. The lowest BCUT2D eigenvalue weighted by atomic mass is 9.86. The molecule has 0 aliphatic heterocycles. The molecule has 1 amide bonds. The highest BCUT2D eigenvalue weighted by molar-refractivity contribution is 5.92. The average molecular weight is 255 g/mol. The Balaban J connectivity index is 1.97. The van der Waals surface area contributed by atoms with Crippen molar-refractivity contribution in [3.05, 3.63) is 24.3 Å². The quantitative estimate of drug-likeness (QED) is 0.797. The fraction of sp³-hybridized carbons (Fsp3) is 0.462. The molecule has 1 saturated carbocycles. The number of amides is 1. The van der Waals surface area contributed by atoms with Crippen LogP contribution in [0.3, 0.4) is 0 Å². The number of alkyl halides is 2. The molecule has 5 heteroatoms. The first-order valence-corrected chi connectivity index (χ1v) is 5.94. The zero-order valence-electron chi connectivity index (χ0n) is 9.83. The minimum absolute atomic E-state index is 0.0946. The van der Waals surface area contributed by atoms with Crippen LogP contribution in [0.1, 0.15) is 25.7 Å². The maximum Gasteiger partial charge on any atom is 0.248 e. The Hall–Kier alpha value is -1.65. The number of benzene rings is 1. The van der Waals surface area contributed by atoms with Crippen molar-refractivity contribution in [2.24, 2.45) is 5.92 Å². The molecule has 18 heavy (non-hydrogen) atoms. The molecular weight excluding hydrogens is 240 g/mol. The van der Waals surface area contributed by atoms with Crippen LogP contribution in [-0.4, -0.2) is 16.9 Å². The van der Waals surface area contributed by atoms with Crippen LogP contribution in [0.4, 0.5) is 14.5 Å². The van der Waals surface area contributed by atoms with Crippen molar-refractivity contribution < 1.29 is 18.7 Å². The first kappa shape index (κ1) is 12.8. The third-order valence-electron chi connectivity index (χ3n) is 3.15. The summed E-state index contributed by atoms with van der Waals surface area (Å²) in [5.41, 5.74) is 0.506. The fourth-order valence-electron chi connectivity index (χ4n) is 2.18. The Kier molecular flexibility index (Phi) is 3.50. The molecule has 0 heterocycles. The van der Waals surface area contributed by atoms with Crippen LogP contribution < -0.4 is 5.32 Å². The predicted molar refractivity (Wildman–Crippen MR) is 63.6 cm³/mol. The topological polar surface area (TPSA) is 49.3 Å². The van der Waals surface area contributed by atoms with Crippen LogP contribution in [0, 0.1) is 5.92 Å². The summed E-state index contributed by atoms with van der Waals surface area (Å²) in [4.78, 5) is 11.8. The number of hydrogen-bond donors (Lipinski definition) is 2. The van der Waals surface area contributed by atoms with Crippen LogP contribution in [0.2, 0.25) is 0 Å². The van der Waals surface area contributed by atoms with E-state index in [4.69, 9.17) is 5.11 Å². The van der Waals surface area contributed by atoms with Crippen molar-refractivity contribution in [2.75, 3.05) is 5.32 Å². The molecule has 1 unspecified atom stereocenters. The summed E-state index contributed by atoms with van der Waals surface area (Å²) in [6.07, 6.45) is 0.368. The minimum Gasteiger partial charge on any atom is -0.508 e. The van der Waals surface area contributed by atoms with Gasteiger partial charge in [0.25, 0.3) is 0 Å². The lowest BCUT2D eigenvalue weighted by Crippen LogP contribution is -2.33. The van der Waals surface area contributed by atoms with Crippen molar-refractivity contribution in [1.29, 1.82) is 0 Å². The number of phenolic OH excluding ortho intramolecular Hbond substituents is 1. The second kappa shape index (κ2) is 4.92. The van der Waals surface area contributed by atoms with Gasteiger partial charge in [0.1, 0.15) is 5.75 Å². The van der Waals surface area contributed by atoms with E-state index < -0.39 is 11.8 Å². The highest BCUT2D eigenvalue weighted by Crippen LogP contribution is 2.37. The van der Waals surface area contributed by atoms with Gasteiger partial charge in [-0.1, -0.05) is 0 Å². The molecule has 0 spiro atoms. The van der Waals surface area contributed by atoms with Crippen molar-refractivity contribution >= 4 is 11.6 Å². The molecule has 3 nitrogen and oxygen atoms in total. The van der Waals surface area contributed by atoms with Crippen molar-refractivity contribution in [3.63, 3.8) is 0 Å². The monoisotopic (exact) mass is 255 g/mol. The molecule has 1 aromatic carbocycles. The first-order chi connectivity index (χ1) is 8.46. The molecular formula is C13H15F2NO2. The number of phenols is 1. The minimum atomic E-state index is -2.73.